The molecule has 0 aliphatic rings. The maximum Gasteiger partial charge on any atom is 0.314 e. The Bertz CT molecular complexity index is 330. The van der Waals surface area contributed by atoms with Crippen LogP contribution < -0.4 is 4.74 Å². The molecule has 1 aromatic carbocycles. The number of benzene rings is 1. The smallest absolute Gasteiger partial charge is 0.314 e. The van der Waals surface area contributed by atoms with Crippen LogP contribution in [0.5, 0.6) is 5.75 Å². The molecule has 1 N–H and O–H groups in total. The Morgan fingerprint density at radius 2 is 1.56 bits per heavy atom. The van der Waals surface area contributed by atoms with Crippen LogP contribution >= 0.6 is 80.0 Å². The number of aliphatic hydroxyl groups excluding tert-OH is 1. The van der Waals surface area contributed by atoms with Crippen molar-refractivity contribution in [1.29, 1.82) is 0 Å². The van der Waals surface area contributed by atoms with Crippen molar-refractivity contribution in [3.8, 4) is 5.75 Å². The van der Waals surface area contributed by atoms with E-state index < -0.39 is 6.84 Å². The average molecular weight is 579 g/mol. The summed E-state index contributed by atoms with van der Waals surface area (Å²) in [5.74, 6) is 0.663. The van der Waals surface area contributed by atoms with Crippen LogP contribution in [0.1, 0.15) is 6.92 Å². The predicted octanol–water partition coefficient (Wildman–Crippen LogP) is 5.28. The topological polar surface area (TPSA) is 38.7 Å². The molecular weight excluding hydrogens is 568 g/mol. The van der Waals surface area contributed by atoms with Crippen molar-refractivity contribution in [3.63, 3.8) is 0 Å². The minimum Gasteiger partial charge on any atom is -0.449 e. The number of halogens is 5. The molecule has 3 nitrogen and oxygen atoms in total. The summed E-state index contributed by atoms with van der Waals surface area (Å²) in [7, 11) is 0. The lowest BCUT2D eigenvalue weighted by Crippen LogP contribution is -2.41. The number of rotatable bonds is 3. The molecule has 0 saturated carbocycles. The van der Waals surface area contributed by atoms with Crippen LogP contribution in [0.4, 0.5) is 0 Å². The van der Waals surface area contributed by atoms with Crippen LogP contribution in [-0.2, 0) is 3.83 Å². The normalized spacial score (nSPS) is 14.2. The first-order valence-electron chi connectivity index (χ1n) is 4.71. The van der Waals surface area contributed by atoms with Crippen LogP contribution in [0.15, 0.2) is 30.3 Å². The lowest BCUT2D eigenvalue weighted by Gasteiger charge is -2.32. The third-order valence-corrected chi connectivity index (χ3v) is 6.40. The van der Waals surface area contributed by atoms with Gasteiger partial charge in [0.25, 0.3) is 0 Å². The first-order valence-corrected chi connectivity index (χ1v) is 8.53. The predicted molar refractivity (Wildman–Crippen MR) is 91.0 cm³/mol. The quantitative estimate of drug-likeness (QED) is 0.392. The van der Waals surface area contributed by atoms with Gasteiger partial charge >= 0.3 is 4.70 Å². The summed E-state index contributed by atoms with van der Waals surface area (Å²) in [4.78, 5) is 0. The van der Waals surface area contributed by atoms with Gasteiger partial charge in [0.05, 0.1) is 0 Å². The van der Waals surface area contributed by atoms with Gasteiger partial charge in [-0.05, 0) is 35.0 Å². The van der Waals surface area contributed by atoms with Crippen LogP contribution in [0.25, 0.3) is 0 Å². The third kappa shape index (κ3) is 6.67. The fraction of sp³-hybridized carbons (Fsp3) is 0.400. The Morgan fingerprint density at radius 3 is 1.89 bits per heavy atom. The summed E-state index contributed by atoms with van der Waals surface area (Å²) in [6.45, 7) is 1.93. The van der Waals surface area contributed by atoms with Crippen LogP contribution in [0.3, 0.4) is 0 Å². The molecule has 0 aromatic heterocycles. The van der Waals surface area contributed by atoms with Gasteiger partial charge in [0.2, 0.25) is 2.14 Å². The molecule has 0 aliphatic heterocycles. The van der Waals surface area contributed by atoms with E-state index in [0.717, 1.165) is 0 Å². The number of para-hydroxylation sites is 1. The maximum absolute atomic E-state index is 7.57. The van der Waals surface area contributed by atoms with E-state index in [4.69, 9.17) is 13.7 Å². The van der Waals surface area contributed by atoms with Gasteiger partial charge < -0.3 is 9.84 Å². The molecule has 0 heterocycles. The zero-order valence-corrected chi connectivity index (χ0v) is 17.2. The minimum absolute atomic E-state index is 0.250. The Balaban J connectivity index is 0.000000873. The van der Waals surface area contributed by atoms with Crippen molar-refractivity contribution in [2.24, 2.45) is 0 Å². The molecule has 0 bridgehead atoms. The monoisotopic (exact) mass is 574 g/mol. The molecule has 1 aromatic rings. The summed E-state index contributed by atoms with van der Waals surface area (Å²) in [5.41, 5.74) is 0. The highest BCUT2D eigenvalue weighted by atomic mass is 80.0. The van der Waals surface area contributed by atoms with Gasteiger partial charge in [-0.1, -0.05) is 66.0 Å². The minimum atomic E-state index is -1.14. The van der Waals surface area contributed by atoms with E-state index in [9.17, 15) is 0 Å². The fourth-order valence-electron chi connectivity index (χ4n) is 0.757. The van der Waals surface area contributed by atoms with E-state index in [-0.39, 0.29) is 6.61 Å². The first-order chi connectivity index (χ1) is 8.30. The fourth-order valence-corrected chi connectivity index (χ4v) is 2.39. The molecule has 8 heteroatoms. The van der Waals surface area contributed by atoms with Crippen molar-refractivity contribution >= 4 is 80.0 Å². The van der Waals surface area contributed by atoms with E-state index in [1.165, 1.54) is 0 Å². The second-order valence-corrected chi connectivity index (χ2v) is 11.0. The highest BCUT2D eigenvalue weighted by molar-refractivity contribution is 9.40. The van der Waals surface area contributed by atoms with Crippen LogP contribution in [0.2, 0.25) is 0 Å². The summed E-state index contributed by atoms with van der Waals surface area (Å²) in [5, 5.41) is 7.57. The largest absolute Gasteiger partial charge is 0.449 e. The second-order valence-electron chi connectivity index (χ2n) is 2.84. The molecule has 1 atom stereocenters. The van der Waals surface area contributed by atoms with Crippen molar-refractivity contribution in [1.82, 2.24) is 0 Å². The lowest BCUT2D eigenvalue weighted by atomic mass is 10.3. The van der Waals surface area contributed by atoms with Crippen molar-refractivity contribution in [2.75, 3.05) is 6.61 Å². The standard InChI is InChI=1S/C8H5Br5O2.C2H6O/c9-7(10,11)8(12,15-13)14-6-4-2-1-3-5-6;1-2-3/h1-5H;3H,2H2,1H3. The maximum atomic E-state index is 7.57. The Kier molecular flexibility index (Phi) is 10.0. The van der Waals surface area contributed by atoms with Crippen molar-refractivity contribution in [3.05, 3.63) is 30.3 Å². The van der Waals surface area contributed by atoms with Gasteiger partial charge in [0.15, 0.2) is 0 Å². The van der Waals surface area contributed by atoms with Crippen molar-refractivity contribution in [2.45, 2.75) is 13.8 Å². The van der Waals surface area contributed by atoms with Crippen LogP contribution in [0, 0.1) is 0 Å². The number of aliphatic hydroxyl groups is 1. The number of hydrogen-bond donors (Lipinski definition) is 1. The van der Waals surface area contributed by atoms with Gasteiger partial charge in [0, 0.05) is 6.61 Å². The summed E-state index contributed by atoms with van der Waals surface area (Å²) in [6, 6.07) is 9.29. The summed E-state index contributed by atoms with van der Waals surface area (Å²) in [6.07, 6.45) is 0. The average Bonchev–Trinajstić information content (AvgIpc) is 2.30. The van der Waals surface area contributed by atoms with E-state index in [2.05, 4.69) is 80.0 Å². The SMILES string of the molecule is BrOC(Br)(Oc1ccccc1)C(Br)(Br)Br.CCO. The Labute approximate surface area is 149 Å². The van der Waals surface area contributed by atoms with Gasteiger partial charge in [-0.2, -0.15) is 0 Å². The summed E-state index contributed by atoms with van der Waals surface area (Å²) >= 11 is 16.2. The second kappa shape index (κ2) is 9.31. The van der Waals surface area contributed by atoms with Crippen LogP contribution in [-0.4, -0.2) is 18.6 Å². The zero-order valence-electron chi connectivity index (χ0n) is 9.25. The van der Waals surface area contributed by atoms with E-state index in [0.29, 0.717) is 5.75 Å². The molecule has 0 radical (unpaired) electrons. The molecule has 18 heavy (non-hydrogen) atoms. The zero-order chi connectivity index (χ0) is 14.2. The molecule has 0 aliphatic carbocycles. The highest BCUT2D eigenvalue weighted by Gasteiger charge is 2.49. The van der Waals surface area contributed by atoms with Gasteiger partial charge in [0.1, 0.15) is 22.0 Å². The molecule has 0 saturated heterocycles. The van der Waals surface area contributed by atoms with E-state index in [1.54, 1.807) is 6.92 Å². The molecule has 104 valence electrons. The van der Waals surface area contributed by atoms with E-state index >= 15 is 0 Å². The molecule has 1 rings (SSSR count). The van der Waals surface area contributed by atoms with E-state index in [1.807, 2.05) is 30.3 Å². The number of alkyl halides is 4. The van der Waals surface area contributed by atoms with Gasteiger partial charge in [-0.15, -0.1) is 0 Å². The number of ether oxygens (including phenoxy) is 1. The molecule has 0 spiro atoms. The molecule has 0 amide bonds. The Hall–Kier alpha value is 1.34. The van der Waals surface area contributed by atoms with Crippen molar-refractivity contribution < 1.29 is 13.7 Å². The molecule has 0 fully saturated rings. The van der Waals surface area contributed by atoms with Gasteiger partial charge in [-0.25, -0.2) is 3.83 Å². The molecule has 1 unspecified atom stereocenters. The Morgan fingerprint density at radius 1 is 1.11 bits per heavy atom. The van der Waals surface area contributed by atoms with Gasteiger partial charge in [-0.3, -0.25) is 0 Å². The summed E-state index contributed by atoms with van der Waals surface area (Å²) < 4.78 is 8.78. The lowest BCUT2D eigenvalue weighted by molar-refractivity contribution is 0.0148. The first kappa shape index (κ1) is 19.3. The molecular formula is C10H11Br5O3. The third-order valence-electron chi connectivity index (χ3n) is 1.43. The highest BCUT2D eigenvalue weighted by Crippen LogP contribution is 2.51. The number of hydrogen-bond acceptors (Lipinski definition) is 3.